The molecule has 0 atom stereocenters. The molecule has 1 aromatic carbocycles. The molecule has 0 spiro atoms. The summed E-state index contributed by atoms with van der Waals surface area (Å²) in [7, 11) is 0. The highest BCUT2D eigenvalue weighted by Crippen LogP contribution is 2.24. The molecule has 0 unspecified atom stereocenters. The van der Waals surface area contributed by atoms with E-state index in [9.17, 15) is 4.79 Å². The Labute approximate surface area is 137 Å². The van der Waals surface area contributed by atoms with Gasteiger partial charge in [-0.25, -0.2) is 0 Å². The molecule has 0 saturated heterocycles. The second-order valence-corrected chi connectivity index (χ2v) is 6.76. The molecule has 2 aromatic rings. The number of aromatic nitrogens is 1. The average molecular weight is 307 g/mol. The number of carbonyl (C=O) groups excluding carboxylic acids is 1. The Morgan fingerprint density at radius 1 is 0.913 bits per heavy atom. The third kappa shape index (κ3) is 3.14. The molecule has 118 valence electrons. The predicted molar refractivity (Wildman–Crippen MR) is 90.4 cm³/mol. The first-order valence-corrected chi connectivity index (χ1v) is 8.70. The van der Waals surface area contributed by atoms with Crippen LogP contribution < -0.4 is 9.88 Å². The molecule has 3 nitrogen and oxygen atoms in total. The van der Waals surface area contributed by atoms with Crippen LogP contribution in [0, 0.1) is 0 Å². The van der Waals surface area contributed by atoms with Crippen LogP contribution in [-0.4, -0.2) is 5.91 Å². The van der Waals surface area contributed by atoms with Crippen molar-refractivity contribution in [2.45, 2.75) is 51.5 Å². The maximum absolute atomic E-state index is 12.3. The molecule has 2 aliphatic carbocycles. The lowest BCUT2D eigenvalue weighted by Gasteiger charge is -2.13. The minimum absolute atomic E-state index is 0.0451. The van der Waals surface area contributed by atoms with Crippen LogP contribution in [0.3, 0.4) is 0 Å². The summed E-state index contributed by atoms with van der Waals surface area (Å²) in [6, 6.07) is 8.50. The zero-order chi connectivity index (χ0) is 15.6. The lowest BCUT2D eigenvalue weighted by molar-refractivity contribution is -0.684. The van der Waals surface area contributed by atoms with E-state index in [2.05, 4.69) is 29.7 Å². The largest absolute Gasteiger partial charge is 0.321 e. The quantitative estimate of drug-likeness (QED) is 0.869. The molecule has 23 heavy (non-hydrogen) atoms. The van der Waals surface area contributed by atoms with Gasteiger partial charge in [-0.1, -0.05) is 6.07 Å². The number of fused-ring (bicyclic) bond motifs is 2. The van der Waals surface area contributed by atoms with Crippen molar-refractivity contribution in [3.05, 3.63) is 58.9 Å². The number of carbonyl (C=O) groups is 1. The summed E-state index contributed by atoms with van der Waals surface area (Å²) in [6.45, 7) is 0.379. The fourth-order valence-corrected chi connectivity index (χ4v) is 3.83. The highest BCUT2D eigenvalue weighted by molar-refractivity contribution is 5.89. The lowest BCUT2D eigenvalue weighted by atomic mass is 9.93. The summed E-state index contributed by atoms with van der Waals surface area (Å²) in [5, 5.41) is 3.04. The van der Waals surface area contributed by atoms with E-state index in [0.29, 0.717) is 6.54 Å². The number of aryl methyl sites for hydroxylation is 4. The number of hydrogen-bond acceptors (Lipinski definition) is 1. The summed E-state index contributed by atoms with van der Waals surface area (Å²) in [6.07, 6.45) is 12.6. The van der Waals surface area contributed by atoms with Gasteiger partial charge >= 0.3 is 0 Å². The molecule has 0 fully saturated rings. The smallest absolute Gasteiger partial charge is 0.290 e. The summed E-state index contributed by atoms with van der Waals surface area (Å²) >= 11 is 0. The fraction of sp³-hybridized carbons (Fsp3) is 0.400. The normalized spacial score (nSPS) is 15.8. The molecule has 4 rings (SSSR count). The third-order valence-electron chi connectivity index (χ3n) is 5.05. The van der Waals surface area contributed by atoms with Gasteiger partial charge in [-0.3, -0.25) is 4.79 Å². The lowest BCUT2D eigenvalue weighted by Crippen LogP contribution is -2.40. The minimum Gasteiger partial charge on any atom is -0.321 e. The number of hydrogen-bond donors (Lipinski definition) is 1. The molecule has 1 aromatic heterocycles. The van der Waals surface area contributed by atoms with E-state index in [-0.39, 0.29) is 5.91 Å². The van der Waals surface area contributed by atoms with Gasteiger partial charge in [0.15, 0.2) is 12.4 Å². The maximum Gasteiger partial charge on any atom is 0.290 e. The van der Waals surface area contributed by atoms with Crippen LogP contribution in [0.25, 0.3) is 0 Å². The molecular formula is C20H23N2O+. The first-order chi connectivity index (χ1) is 11.3. The molecule has 3 heteroatoms. The van der Waals surface area contributed by atoms with Gasteiger partial charge in [0.2, 0.25) is 6.54 Å². The number of anilines is 1. The van der Waals surface area contributed by atoms with Crippen LogP contribution in [0.2, 0.25) is 0 Å². The van der Waals surface area contributed by atoms with Crippen LogP contribution in [0.4, 0.5) is 5.69 Å². The standard InChI is InChI=1S/C20H22N2O/c23-20(21-19-9-8-15-6-3-7-17(15)12-19)14-22-11-10-16-4-1-2-5-18(16)13-22/h8-13H,1-7,14H2/p+1. The van der Waals surface area contributed by atoms with E-state index < -0.39 is 0 Å². The van der Waals surface area contributed by atoms with Gasteiger partial charge in [-0.2, -0.15) is 4.57 Å². The van der Waals surface area contributed by atoms with Crippen molar-refractivity contribution in [3.63, 3.8) is 0 Å². The monoisotopic (exact) mass is 307 g/mol. The van der Waals surface area contributed by atoms with E-state index in [0.717, 1.165) is 18.5 Å². The molecule has 0 aliphatic heterocycles. The molecule has 0 radical (unpaired) electrons. The van der Waals surface area contributed by atoms with E-state index in [4.69, 9.17) is 0 Å². The van der Waals surface area contributed by atoms with E-state index >= 15 is 0 Å². The van der Waals surface area contributed by atoms with Crippen LogP contribution in [0.1, 0.15) is 41.5 Å². The Bertz CT molecular complexity index is 751. The molecule has 1 amide bonds. The number of nitrogens with zero attached hydrogens (tertiary/aromatic N) is 1. The van der Waals surface area contributed by atoms with Crippen LogP contribution in [0.5, 0.6) is 0 Å². The molecule has 1 heterocycles. The zero-order valence-electron chi connectivity index (χ0n) is 13.5. The zero-order valence-corrected chi connectivity index (χ0v) is 13.5. The molecular weight excluding hydrogens is 284 g/mol. The van der Waals surface area contributed by atoms with E-state index in [1.165, 1.54) is 54.4 Å². The van der Waals surface area contributed by atoms with Gasteiger partial charge in [-0.15, -0.1) is 0 Å². The van der Waals surface area contributed by atoms with Crippen molar-refractivity contribution >= 4 is 11.6 Å². The summed E-state index contributed by atoms with van der Waals surface area (Å²) in [5.74, 6) is 0.0451. The molecule has 2 aliphatic rings. The number of pyridine rings is 1. The van der Waals surface area contributed by atoms with Crippen molar-refractivity contribution in [3.8, 4) is 0 Å². The van der Waals surface area contributed by atoms with Crippen molar-refractivity contribution in [2.24, 2.45) is 0 Å². The Morgan fingerprint density at radius 2 is 1.65 bits per heavy atom. The summed E-state index contributed by atoms with van der Waals surface area (Å²) in [5.41, 5.74) is 6.61. The molecule has 0 bridgehead atoms. The fourth-order valence-electron chi connectivity index (χ4n) is 3.83. The van der Waals surface area contributed by atoms with Gasteiger partial charge in [0, 0.05) is 17.3 Å². The highest BCUT2D eigenvalue weighted by Gasteiger charge is 2.17. The minimum atomic E-state index is 0.0451. The second kappa shape index (κ2) is 6.15. The van der Waals surface area contributed by atoms with Crippen molar-refractivity contribution in [1.29, 1.82) is 0 Å². The predicted octanol–water partition coefficient (Wildman–Crippen LogP) is 2.98. The number of benzene rings is 1. The maximum atomic E-state index is 12.3. The van der Waals surface area contributed by atoms with Crippen LogP contribution in [-0.2, 0) is 37.0 Å². The summed E-state index contributed by atoms with van der Waals surface area (Å²) in [4.78, 5) is 12.3. The van der Waals surface area contributed by atoms with Gasteiger partial charge in [-0.05, 0) is 73.8 Å². The van der Waals surface area contributed by atoms with Gasteiger partial charge in [0.1, 0.15) is 0 Å². The Kier molecular flexibility index (Phi) is 3.86. The Balaban J connectivity index is 1.44. The topological polar surface area (TPSA) is 33.0 Å². The van der Waals surface area contributed by atoms with Gasteiger partial charge < -0.3 is 5.32 Å². The third-order valence-corrected chi connectivity index (χ3v) is 5.05. The average Bonchev–Trinajstić information content (AvgIpc) is 3.02. The number of amides is 1. The first kappa shape index (κ1) is 14.4. The first-order valence-electron chi connectivity index (χ1n) is 8.70. The Morgan fingerprint density at radius 3 is 2.57 bits per heavy atom. The highest BCUT2D eigenvalue weighted by atomic mass is 16.1. The molecule has 0 saturated carbocycles. The van der Waals surface area contributed by atoms with Crippen molar-refractivity contribution in [1.82, 2.24) is 0 Å². The number of rotatable bonds is 3. The number of nitrogens with one attached hydrogen (secondary N) is 1. The van der Waals surface area contributed by atoms with E-state index in [1.807, 2.05) is 16.8 Å². The van der Waals surface area contributed by atoms with Gasteiger partial charge in [0.25, 0.3) is 5.91 Å². The Hall–Kier alpha value is -2.16. The van der Waals surface area contributed by atoms with Crippen LogP contribution in [0.15, 0.2) is 36.7 Å². The van der Waals surface area contributed by atoms with E-state index in [1.54, 1.807) is 0 Å². The SMILES string of the molecule is O=C(C[n+]1ccc2c(c1)CCCC2)Nc1ccc2c(c1)CCC2. The van der Waals surface area contributed by atoms with Crippen molar-refractivity contribution < 1.29 is 9.36 Å². The van der Waals surface area contributed by atoms with Gasteiger partial charge in [0.05, 0.1) is 0 Å². The summed E-state index contributed by atoms with van der Waals surface area (Å²) < 4.78 is 2.01. The second-order valence-electron chi connectivity index (χ2n) is 6.76. The molecule has 1 N–H and O–H groups in total. The van der Waals surface area contributed by atoms with Crippen LogP contribution >= 0.6 is 0 Å². The van der Waals surface area contributed by atoms with Crippen molar-refractivity contribution in [2.75, 3.05) is 5.32 Å².